The third kappa shape index (κ3) is 3.10. The lowest BCUT2D eigenvalue weighted by molar-refractivity contribution is 0.244. The van der Waals surface area contributed by atoms with E-state index in [1.165, 1.54) is 54.8 Å². The lowest BCUT2D eigenvalue weighted by Gasteiger charge is -2.24. The summed E-state index contributed by atoms with van der Waals surface area (Å²) < 4.78 is 3.26. The van der Waals surface area contributed by atoms with E-state index in [0.717, 1.165) is 18.9 Å². The first-order valence-electron chi connectivity index (χ1n) is 7.85. The molecule has 0 radical (unpaired) electrons. The van der Waals surface area contributed by atoms with E-state index in [9.17, 15) is 0 Å². The quantitative estimate of drug-likeness (QED) is 0.912. The summed E-state index contributed by atoms with van der Waals surface area (Å²) in [7, 11) is 2.06. The van der Waals surface area contributed by atoms with Gasteiger partial charge in [0.05, 0.1) is 15.9 Å². The van der Waals surface area contributed by atoms with Gasteiger partial charge in [0, 0.05) is 26.2 Å². The van der Waals surface area contributed by atoms with Gasteiger partial charge in [-0.1, -0.05) is 6.92 Å². The van der Waals surface area contributed by atoms with Gasteiger partial charge in [0.1, 0.15) is 0 Å². The van der Waals surface area contributed by atoms with Crippen LogP contribution >= 0.6 is 15.9 Å². The highest BCUT2D eigenvalue weighted by Gasteiger charge is 2.33. The van der Waals surface area contributed by atoms with Gasteiger partial charge in [0.2, 0.25) is 0 Å². The molecular formula is C15H25BrN4. The first kappa shape index (κ1) is 14.5. The molecule has 2 heterocycles. The van der Waals surface area contributed by atoms with Crippen LogP contribution in [0.1, 0.15) is 37.6 Å². The van der Waals surface area contributed by atoms with Gasteiger partial charge >= 0.3 is 0 Å². The Kier molecular flexibility index (Phi) is 4.48. The van der Waals surface area contributed by atoms with Crippen molar-refractivity contribution < 1.29 is 0 Å². The minimum atomic E-state index is 0.704. The van der Waals surface area contributed by atoms with Gasteiger partial charge in [0.25, 0.3) is 0 Å². The van der Waals surface area contributed by atoms with Gasteiger partial charge in [-0.05, 0) is 60.6 Å². The van der Waals surface area contributed by atoms with Crippen LogP contribution in [0.5, 0.6) is 0 Å². The lowest BCUT2D eigenvalue weighted by atomic mass is 10.1. The first-order valence-corrected chi connectivity index (χ1v) is 8.64. The van der Waals surface area contributed by atoms with Crippen molar-refractivity contribution in [3.8, 4) is 0 Å². The zero-order valence-corrected chi connectivity index (χ0v) is 14.1. The molecule has 1 aromatic rings. The van der Waals surface area contributed by atoms with E-state index in [1.54, 1.807) is 0 Å². The summed E-state index contributed by atoms with van der Waals surface area (Å²) in [4.78, 5) is 2.60. The molecule has 20 heavy (non-hydrogen) atoms. The molecule has 0 aromatic carbocycles. The molecule has 3 rings (SSSR count). The Labute approximate surface area is 130 Å². The van der Waals surface area contributed by atoms with Crippen LogP contribution < -0.4 is 5.32 Å². The number of rotatable bonds is 4. The molecule has 1 aliphatic carbocycles. The normalized spacial score (nSPS) is 24.9. The maximum absolute atomic E-state index is 4.61. The average molecular weight is 341 g/mol. The highest BCUT2D eigenvalue weighted by atomic mass is 79.9. The van der Waals surface area contributed by atoms with Crippen LogP contribution in [-0.4, -0.2) is 40.4 Å². The molecule has 1 aromatic heterocycles. The van der Waals surface area contributed by atoms with Crippen LogP contribution in [0, 0.1) is 5.92 Å². The summed E-state index contributed by atoms with van der Waals surface area (Å²) >= 11 is 3.74. The molecule has 4 nitrogen and oxygen atoms in total. The molecule has 0 spiro atoms. The molecule has 1 N–H and O–H groups in total. The van der Waals surface area contributed by atoms with Crippen LogP contribution in [0.25, 0.3) is 0 Å². The van der Waals surface area contributed by atoms with E-state index in [0.29, 0.717) is 6.04 Å². The van der Waals surface area contributed by atoms with Gasteiger partial charge < -0.3 is 5.32 Å². The van der Waals surface area contributed by atoms with Gasteiger partial charge in [-0.25, -0.2) is 0 Å². The molecule has 1 atom stereocenters. The Morgan fingerprint density at radius 3 is 2.85 bits per heavy atom. The first-order chi connectivity index (χ1) is 9.69. The van der Waals surface area contributed by atoms with Gasteiger partial charge in [0.15, 0.2) is 0 Å². The second kappa shape index (κ2) is 6.16. The fourth-order valence-corrected chi connectivity index (χ4v) is 3.93. The Hall–Kier alpha value is -0.390. The summed E-state index contributed by atoms with van der Waals surface area (Å²) in [6.07, 6.45) is 5.07. The molecule has 112 valence electrons. The van der Waals surface area contributed by atoms with Crippen molar-refractivity contribution in [2.45, 2.75) is 45.2 Å². The fourth-order valence-electron chi connectivity index (χ4n) is 3.19. The van der Waals surface area contributed by atoms with Crippen molar-refractivity contribution in [2.24, 2.45) is 13.0 Å². The molecule has 2 fully saturated rings. The monoisotopic (exact) mass is 340 g/mol. The third-order valence-corrected chi connectivity index (χ3v) is 5.50. The van der Waals surface area contributed by atoms with E-state index >= 15 is 0 Å². The van der Waals surface area contributed by atoms with Crippen molar-refractivity contribution >= 4 is 15.9 Å². The largest absolute Gasteiger partial charge is 0.312 e. The molecule has 2 aliphatic rings. The molecule has 1 unspecified atom stereocenters. The summed E-state index contributed by atoms with van der Waals surface area (Å²) in [5, 5.41) is 8.34. The summed E-state index contributed by atoms with van der Waals surface area (Å²) in [5.74, 6) is 0.928. The number of hydrogen-bond donors (Lipinski definition) is 1. The Bertz CT molecular complexity index is 467. The molecular weight excluding hydrogens is 316 g/mol. The second-order valence-corrected chi connectivity index (χ2v) is 6.96. The number of halogens is 1. The highest BCUT2D eigenvalue weighted by Crippen LogP contribution is 2.34. The predicted octanol–water partition coefficient (Wildman–Crippen LogP) is 2.32. The topological polar surface area (TPSA) is 33.1 Å². The fraction of sp³-hybridized carbons (Fsp3) is 0.800. The number of nitrogens with zero attached hydrogens (tertiary/aromatic N) is 3. The van der Waals surface area contributed by atoms with Crippen LogP contribution in [0.2, 0.25) is 0 Å². The average Bonchev–Trinajstić information content (AvgIpc) is 3.23. The van der Waals surface area contributed by atoms with Crippen LogP contribution in [0.4, 0.5) is 0 Å². The minimum absolute atomic E-state index is 0.704. The van der Waals surface area contributed by atoms with Crippen molar-refractivity contribution in [1.29, 1.82) is 0 Å². The maximum atomic E-state index is 4.61. The van der Waals surface area contributed by atoms with E-state index < -0.39 is 0 Å². The minimum Gasteiger partial charge on any atom is -0.312 e. The zero-order chi connectivity index (χ0) is 14.1. The second-order valence-electron chi connectivity index (χ2n) is 6.17. The molecule has 1 aliphatic heterocycles. The van der Waals surface area contributed by atoms with Gasteiger partial charge in [-0.2, -0.15) is 5.10 Å². The molecule has 0 amide bonds. The predicted molar refractivity (Wildman–Crippen MR) is 84.7 cm³/mol. The number of aryl methyl sites for hydroxylation is 2. The van der Waals surface area contributed by atoms with E-state index in [4.69, 9.17) is 0 Å². The summed E-state index contributed by atoms with van der Waals surface area (Å²) in [5.41, 5.74) is 2.49. The maximum Gasteiger partial charge on any atom is 0.0767 e. The third-order valence-electron chi connectivity index (χ3n) is 4.58. The van der Waals surface area contributed by atoms with Crippen LogP contribution in [0.15, 0.2) is 4.47 Å². The molecule has 1 saturated carbocycles. The molecule has 1 saturated heterocycles. The number of aromatic nitrogens is 2. The SMILES string of the molecule is CCc1nn(C)c(CN2CCCNC(C3CC3)C2)c1Br. The van der Waals surface area contributed by atoms with Crippen molar-refractivity contribution in [1.82, 2.24) is 20.0 Å². The summed E-state index contributed by atoms with van der Waals surface area (Å²) in [6.45, 7) is 6.72. The Morgan fingerprint density at radius 1 is 1.40 bits per heavy atom. The van der Waals surface area contributed by atoms with E-state index in [1.807, 2.05) is 4.68 Å². The number of hydrogen-bond acceptors (Lipinski definition) is 3. The molecule has 0 bridgehead atoms. The molecule has 5 heteroatoms. The van der Waals surface area contributed by atoms with Crippen LogP contribution in [0.3, 0.4) is 0 Å². The standard InChI is InChI=1S/C15H25BrN4/c1-3-12-15(16)14(19(2)18-12)10-20-8-4-7-17-13(9-20)11-5-6-11/h11,13,17H,3-10H2,1-2H3. The van der Waals surface area contributed by atoms with Crippen molar-refractivity contribution in [2.75, 3.05) is 19.6 Å². The van der Waals surface area contributed by atoms with Crippen molar-refractivity contribution in [3.63, 3.8) is 0 Å². The van der Waals surface area contributed by atoms with E-state index in [2.05, 4.69) is 45.2 Å². The van der Waals surface area contributed by atoms with Gasteiger partial charge in [-0.3, -0.25) is 9.58 Å². The van der Waals surface area contributed by atoms with Crippen LogP contribution in [-0.2, 0) is 20.0 Å². The van der Waals surface area contributed by atoms with Gasteiger partial charge in [-0.15, -0.1) is 0 Å². The number of nitrogens with one attached hydrogen (secondary N) is 1. The Balaban J connectivity index is 1.70. The highest BCUT2D eigenvalue weighted by molar-refractivity contribution is 9.10. The summed E-state index contributed by atoms with van der Waals surface area (Å²) in [6, 6.07) is 0.704. The van der Waals surface area contributed by atoms with Crippen molar-refractivity contribution in [3.05, 3.63) is 15.9 Å². The smallest absolute Gasteiger partial charge is 0.0767 e. The zero-order valence-electron chi connectivity index (χ0n) is 12.5. The lowest BCUT2D eigenvalue weighted by Crippen LogP contribution is -2.39. The Morgan fingerprint density at radius 2 is 2.20 bits per heavy atom. The van der Waals surface area contributed by atoms with E-state index in [-0.39, 0.29) is 0 Å².